The van der Waals surface area contributed by atoms with Crippen molar-refractivity contribution >= 4 is 34.8 Å². The summed E-state index contributed by atoms with van der Waals surface area (Å²) in [6.45, 7) is 5.06. The van der Waals surface area contributed by atoms with Crippen LogP contribution in [0.1, 0.15) is 0 Å². The summed E-state index contributed by atoms with van der Waals surface area (Å²) < 4.78 is 5.27. The van der Waals surface area contributed by atoms with Crippen molar-refractivity contribution in [2.75, 3.05) is 51.3 Å². The molecule has 0 radical (unpaired) electrons. The molecular weight excluding hydrogens is 313 g/mol. The lowest BCUT2D eigenvalue weighted by atomic mass is 10.3. The van der Waals surface area contributed by atoms with E-state index in [0.29, 0.717) is 16.6 Å². The molecule has 1 aromatic rings. The molecule has 0 atom stereocenters. The number of nitrogens with one attached hydrogen (secondary N) is 2. The predicted molar refractivity (Wildman–Crippen MR) is 85.2 cm³/mol. The highest BCUT2D eigenvalue weighted by molar-refractivity contribution is 6.35. The molecule has 1 fully saturated rings. The molecule has 1 heterocycles. The van der Waals surface area contributed by atoms with Crippen LogP contribution in [0.3, 0.4) is 0 Å². The monoisotopic (exact) mass is 331 g/mol. The zero-order chi connectivity index (χ0) is 15.1. The molecule has 0 aliphatic carbocycles. The molecule has 1 aliphatic rings. The van der Waals surface area contributed by atoms with Crippen LogP contribution in [0, 0.1) is 0 Å². The van der Waals surface area contributed by atoms with Crippen molar-refractivity contribution in [1.82, 2.24) is 10.2 Å². The molecule has 1 aliphatic heterocycles. The summed E-state index contributed by atoms with van der Waals surface area (Å²) in [7, 11) is 0. The lowest BCUT2D eigenvalue weighted by Gasteiger charge is -2.26. The minimum Gasteiger partial charge on any atom is -0.379 e. The summed E-state index contributed by atoms with van der Waals surface area (Å²) in [5.41, 5.74) is 0.732. The SMILES string of the molecule is O=C(CNc1cc(Cl)cc(Cl)c1)NCCN1CCOCC1. The number of nitrogens with zero attached hydrogens (tertiary/aromatic N) is 1. The first-order valence-corrected chi connectivity index (χ1v) is 7.66. The number of hydrogen-bond acceptors (Lipinski definition) is 4. The molecular formula is C14H19Cl2N3O2. The minimum atomic E-state index is -0.0562. The van der Waals surface area contributed by atoms with E-state index in [1.807, 2.05) is 0 Å². The second kappa shape index (κ2) is 8.44. The van der Waals surface area contributed by atoms with E-state index in [2.05, 4.69) is 15.5 Å². The average Bonchev–Trinajstić information content (AvgIpc) is 2.45. The van der Waals surface area contributed by atoms with Crippen LogP contribution in [0.15, 0.2) is 18.2 Å². The van der Waals surface area contributed by atoms with Gasteiger partial charge in [-0.2, -0.15) is 0 Å². The fraction of sp³-hybridized carbons (Fsp3) is 0.500. The molecule has 1 saturated heterocycles. The van der Waals surface area contributed by atoms with Gasteiger partial charge in [-0.3, -0.25) is 9.69 Å². The molecule has 0 spiro atoms. The standard InChI is InChI=1S/C14H19Cl2N3O2/c15-11-7-12(16)9-13(8-11)18-10-14(20)17-1-2-19-3-5-21-6-4-19/h7-9,18H,1-6,10H2,(H,17,20). The molecule has 2 N–H and O–H groups in total. The van der Waals surface area contributed by atoms with Crippen molar-refractivity contribution in [3.63, 3.8) is 0 Å². The molecule has 5 nitrogen and oxygen atoms in total. The van der Waals surface area contributed by atoms with Crippen LogP contribution in [0.5, 0.6) is 0 Å². The third kappa shape index (κ3) is 6.09. The summed E-state index contributed by atoms with van der Waals surface area (Å²) in [6, 6.07) is 5.11. The first-order valence-electron chi connectivity index (χ1n) is 6.90. The molecule has 21 heavy (non-hydrogen) atoms. The third-order valence-corrected chi connectivity index (χ3v) is 3.61. The van der Waals surface area contributed by atoms with Crippen LogP contribution in [0.25, 0.3) is 0 Å². The minimum absolute atomic E-state index is 0.0562. The molecule has 0 saturated carbocycles. The molecule has 0 bridgehead atoms. The summed E-state index contributed by atoms with van der Waals surface area (Å²) in [5, 5.41) is 6.96. The number of ether oxygens (including phenoxy) is 1. The number of benzene rings is 1. The van der Waals surface area contributed by atoms with Gasteiger partial charge in [-0.1, -0.05) is 23.2 Å². The quantitative estimate of drug-likeness (QED) is 0.835. The maximum absolute atomic E-state index is 11.7. The van der Waals surface area contributed by atoms with Crippen LogP contribution >= 0.6 is 23.2 Å². The van der Waals surface area contributed by atoms with Gasteiger partial charge in [0.25, 0.3) is 0 Å². The summed E-state index contributed by atoms with van der Waals surface area (Å²) in [4.78, 5) is 14.0. The van der Waals surface area contributed by atoms with Gasteiger partial charge < -0.3 is 15.4 Å². The Hall–Kier alpha value is -1.01. The Morgan fingerprint density at radius 1 is 1.19 bits per heavy atom. The zero-order valence-electron chi connectivity index (χ0n) is 11.7. The van der Waals surface area contributed by atoms with E-state index < -0.39 is 0 Å². The number of hydrogen-bond donors (Lipinski definition) is 2. The average molecular weight is 332 g/mol. The lowest BCUT2D eigenvalue weighted by molar-refractivity contribution is -0.119. The molecule has 1 aromatic carbocycles. The van der Waals surface area contributed by atoms with Crippen LogP contribution in [-0.4, -0.2) is 56.7 Å². The molecule has 7 heteroatoms. The highest BCUT2D eigenvalue weighted by Crippen LogP contribution is 2.22. The van der Waals surface area contributed by atoms with Crippen LogP contribution in [0.2, 0.25) is 10.0 Å². The summed E-state index contributed by atoms with van der Waals surface area (Å²) in [6.07, 6.45) is 0. The Morgan fingerprint density at radius 2 is 1.86 bits per heavy atom. The van der Waals surface area contributed by atoms with Gasteiger partial charge in [-0.25, -0.2) is 0 Å². The van der Waals surface area contributed by atoms with Gasteiger partial charge in [0.15, 0.2) is 0 Å². The van der Waals surface area contributed by atoms with E-state index in [4.69, 9.17) is 27.9 Å². The van der Waals surface area contributed by atoms with E-state index >= 15 is 0 Å². The molecule has 0 unspecified atom stereocenters. The molecule has 1 amide bonds. The number of rotatable bonds is 6. The van der Waals surface area contributed by atoms with E-state index in [1.165, 1.54) is 0 Å². The molecule has 0 aromatic heterocycles. The number of halogens is 2. The van der Waals surface area contributed by atoms with Crippen molar-refractivity contribution in [2.24, 2.45) is 0 Å². The van der Waals surface area contributed by atoms with Crippen molar-refractivity contribution in [2.45, 2.75) is 0 Å². The first kappa shape index (κ1) is 16.4. The topological polar surface area (TPSA) is 53.6 Å². The Balaban J connectivity index is 1.65. The van der Waals surface area contributed by atoms with Crippen molar-refractivity contribution in [1.29, 1.82) is 0 Å². The van der Waals surface area contributed by atoms with Crippen LogP contribution < -0.4 is 10.6 Å². The van der Waals surface area contributed by atoms with Gasteiger partial charge in [0.1, 0.15) is 0 Å². The second-order valence-corrected chi connectivity index (χ2v) is 5.69. The van der Waals surface area contributed by atoms with Gasteiger partial charge in [0, 0.05) is 41.9 Å². The number of anilines is 1. The van der Waals surface area contributed by atoms with E-state index in [9.17, 15) is 4.79 Å². The Labute approximate surface area is 134 Å². The van der Waals surface area contributed by atoms with Gasteiger partial charge in [0.2, 0.25) is 5.91 Å². The predicted octanol–water partition coefficient (Wildman–Crippen LogP) is 1.85. The number of carbonyl (C=O) groups excluding carboxylic acids is 1. The highest BCUT2D eigenvalue weighted by Gasteiger charge is 2.10. The van der Waals surface area contributed by atoms with E-state index in [0.717, 1.165) is 38.5 Å². The van der Waals surface area contributed by atoms with Crippen molar-refractivity contribution in [3.05, 3.63) is 28.2 Å². The van der Waals surface area contributed by atoms with E-state index in [-0.39, 0.29) is 12.5 Å². The molecule has 116 valence electrons. The number of carbonyl (C=O) groups is 1. The Bertz CT molecular complexity index is 459. The fourth-order valence-electron chi connectivity index (χ4n) is 2.08. The van der Waals surface area contributed by atoms with Crippen molar-refractivity contribution in [3.8, 4) is 0 Å². The van der Waals surface area contributed by atoms with Gasteiger partial charge >= 0.3 is 0 Å². The van der Waals surface area contributed by atoms with Gasteiger partial charge in [-0.15, -0.1) is 0 Å². The smallest absolute Gasteiger partial charge is 0.239 e. The second-order valence-electron chi connectivity index (χ2n) is 4.82. The third-order valence-electron chi connectivity index (χ3n) is 3.17. The van der Waals surface area contributed by atoms with Crippen molar-refractivity contribution < 1.29 is 9.53 Å². The van der Waals surface area contributed by atoms with Crippen LogP contribution in [-0.2, 0) is 9.53 Å². The highest BCUT2D eigenvalue weighted by atomic mass is 35.5. The van der Waals surface area contributed by atoms with Gasteiger partial charge in [0.05, 0.1) is 19.8 Å². The Morgan fingerprint density at radius 3 is 2.52 bits per heavy atom. The summed E-state index contributed by atoms with van der Waals surface area (Å²) in [5.74, 6) is -0.0562. The molecule has 2 rings (SSSR count). The summed E-state index contributed by atoms with van der Waals surface area (Å²) >= 11 is 11.8. The maximum atomic E-state index is 11.7. The normalized spacial score (nSPS) is 15.7. The number of morpholine rings is 1. The Kier molecular flexibility index (Phi) is 6.57. The largest absolute Gasteiger partial charge is 0.379 e. The van der Waals surface area contributed by atoms with Gasteiger partial charge in [-0.05, 0) is 18.2 Å². The first-order chi connectivity index (χ1) is 10.1. The fourth-order valence-corrected chi connectivity index (χ4v) is 2.60. The van der Waals surface area contributed by atoms with E-state index in [1.54, 1.807) is 18.2 Å². The maximum Gasteiger partial charge on any atom is 0.239 e. The van der Waals surface area contributed by atoms with Crippen LogP contribution in [0.4, 0.5) is 5.69 Å². The number of amides is 1. The zero-order valence-corrected chi connectivity index (χ0v) is 13.2. The lowest BCUT2D eigenvalue weighted by Crippen LogP contribution is -2.42.